The molecule has 2 aromatic carbocycles. The lowest BCUT2D eigenvalue weighted by atomic mass is 9.94. The summed E-state index contributed by atoms with van der Waals surface area (Å²) in [5.74, 6) is -3.06. The van der Waals surface area contributed by atoms with Crippen molar-refractivity contribution in [1.29, 1.82) is 0 Å². The Morgan fingerprint density at radius 3 is 2.16 bits per heavy atom. The highest BCUT2D eigenvalue weighted by Crippen LogP contribution is 2.21. The number of aliphatic hydroxyl groups is 2. The van der Waals surface area contributed by atoms with Crippen LogP contribution in [-0.2, 0) is 36.9 Å². The van der Waals surface area contributed by atoms with Gasteiger partial charge < -0.3 is 41.5 Å². The maximum absolute atomic E-state index is 13.7. The van der Waals surface area contributed by atoms with E-state index in [-0.39, 0.29) is 32.4 Å². The molecular weight excluding hydrogens is 582 g/mol. The maximum Gasteiger partial charge on any atom is 0.408 e. The zero-order valence-corrected chi connectivity index (χ0v) is 25.8. The molecular formula is C32H43N5O8. The third-order valence-electron chi connectivity index (χ3n) is 7.15. The number of carbonyl (C=O) groups excluding carboxylic acids is 5. The number of amides is 5. The van der Waals surface area contributed by atoms with Gasteiger partial charge in [-0.3, -0.25) is 19.2 Å². The van der Waals surface area contributed by atoms with Crippen LogP contribution in [0.5, 0.6) is 0 Å². The fourth-order valence-electron chi connectivity index (χ4n) is 4.96. The number of piperidine rings is 1. The summed E-state index contributed by atoms with van der Waals surface area (Å²) in [5.41, 5.74) is 6.12. The highest BCUT2D eigenvalue weighted by Gasteiger charge is 2.41. The van der Waals surface area contributed by atoms with Crippen LogP contribution in [0.3, 0.4) is 0 Å². The van der Waals surface area contributed by atoms with E-state index in [1.54, 1.807) is 81.4 Å². The molecule has 244 valence electrons. The molecule has 0 aliphatic carbocycles. The molecule has 1 saturated heterocycles. The summed E-state index contributed by atoms with van der Waals surface area (Å²) in [5, 5.41) is 29.4. The zero-order valence-electron chi connectivity index (χ0n) is 25.8. The van der Waals surface area contributed by atoms with Crippen molar-refractivity contribution in [2.24, 2.45) is 5.73 Å². The number of nitrogens with zero attached hydrogens (tertiary/aromatic N) is 1. The summed E-state index contributed by atoms with van der Waals surface area (Å²) in [7, 11) is 0. The van der Waals surface area contributed by atoms with Crippen molar-refractivity contribution in [3.05, 3.63) is 71.8 Å². The SMILES string of the molecule is CC(C)(C)NC(=O)[C@H]1C[C@@H](O)CCN1C(=O)[C@@H](O)[C@H](Cc1ccccc1)NC(=O)[C@H](CC(N)=O)NC(=O)OCc1ccccc1. The first-order valence-electron chi connectivity index (χ1n) is 14.8. The van der Waals surface area contributed by atoms with Gasteiger partial charge in [0.15, 0.2) is 6.10 Å². The molecule has 0 saturated carbocycles. The fourth-order valence-corrected chi connectivity index (χ4v) is 4.96. The molecule has 0 aromatic heterocycles. The van der Waals surface area contributed by atoms with E-state index in [9.17, 15) is 34.2 Å². The normalized spacial score (nSPS) is 18.6. The van der Waals surface area contributed by atoms with E-state index in [0.29, 0.717) is 11.1 Å². The number of aliphatic hydroxyl groups excluding tert-OH is 2. The number of primary amides is 1. The van der Waals surface area contributed by atoms with E-state index in [2.05, 4.69) is 16.0 Å². The van der Waals surface area contributed by atoms with Gasteiger partial charge in [-0.15, -0.1) is 0 Å². The summed E-state index contributed by atoms with van der Waals surface area (Å²) < 4.78 is 5.18. The number of ether oxygens (including phenoxy) is 1. The summed E-state index contributed by atoms with van der Waals surface area (Å²) in [6, 6.07) is 13.8. The fraction of sp³-hybridized carbons (Fsp3) is 0.469. The molecule has 45 heavy (non-hydrogen) atoms. The molecule has 0 unspecified atom stereocenters. The standard InChI is InChI=1S/C32H43N5O8/c1-32(2,3)36-29(42)25-17-22(38)14-15-37(25)30(43)27(40)23(16-20-10-6-4-7-11-20)34-28(41)24(18-26(33)39)35-31(44)45-19-21-12-8-5-9-13-21/h4-13,22-25,27,38,40H,14-19H2,1-3H3,(H2,33,39)(H,34,41)(H,35,44)(H,36,42)/t22-,23-,24-,25+,27-/m0/s1. The van der Waals surface area contributed by atoms with Crippen LogP contribution >= 0.6 is 0 Å². The van der Waals surface area contributed by atoms with Gasteiger partial charge in [-0.05, 0) is 44.7 Å². The van der Waals surface area contributed by atoms with E-state index in [1.807, 2.05) is 0 Å². The molecule has 13 heteroatoms. The van der Waals surface area contributed by atoms with Crippen molar-refractivity contribution in [1.82, 2.24) is 20.9 Å². The molecule has 2 aromatic rings. The Morgan fingerprint density at radius 2 is 1.58 bits per heavy atom. The number of carbonyl (C=O) groups is 5. The summed E-state index contributed by atoms with van der Waals surface area (Å²) >= 11 is 0. The molecule has 1 fully saturated rings. The van der Waals surface area contributed by atoms with Crippen LogP contribution in [0.2, 0.25) is 0 Å². The number of rotatable bonds is 12. The van der Waals surface area contributed by atoms with Crippen LogP contribution < -0.4 is 21.7 Å². The minimum Gasteiger partial charge on any atom is -0.445 e. The Labute approximate surface area is 262 Å². The van der Waals surface area contributed by atoms with E-state index in [4.69, 9.17) is 10.5 Å². The molecule has 0 bridgehead atoms. The molecule has 0 radical (unpaired) electrons. The van der Waals surface area contributed by atoms with Crippen LogP contribution in [0.25, 0.3) is 0 Å². The van der Waals surface area contributed by atoms with Gasteiger partial charge in [0.2, 0.25) is 17.7 Å². The minimum atomic E-state index is -1.83. The summed E-state index contributed by atoms with van der Waals surface area (Å²) in [4.78, 5) is 65.8. The van der Waals surface area contributed by atoms with Crippen molar-refractivity contribution in [2.45, 2.75) is 88.9 Å². The second kappa shape index (κ2) is 16.0. The average molecular weight is 626 g/mol. The topological polar surface area (TPSA) is 200 Å². The van der Waals surface area contributed by atoms with Gasteiger partial charge in [-0.25, -0.2) is 4.79 Å². The van der Waals surface area contributed by atoms with E-state index in [1.165, 1.54) is 4.90 Å². The lowest BCUT2D eigenvalue weighted by Crippen LogP contribution is -2.62. The summed E-state index contributed by atoms with van der Waals surface area (Å²) in [6.45, 7) is 5.26. The number of alkyl carbamates (subject to hydrolysis) is 1. The van der Waals surface area contributed by atoms with Crippen LogP contribution in [-0.4, -0.2) is 87.3 Å². The first kappa shape index (κ1) is 35.0. The second-order valence-electron chi connectivity index (χ2n) is 12.1. The minimum absolute atomic E-state index is 0.00342. The Balaban J connectivity index is 1.80. The number of hydrogen-bond donors (Lipinski definition) is 6. The molecule has 7 N–H and O–H groups in total. The smallest absolute Gasteiger partial charge is 0.408 e. The number of nitrogens with two attached hydrogens (primary N) is 1. The lowest BCUT2D eigenvalue weighted by molar-refractivity contribution is -0.153. The number of nitrogens with one attached hydrogen (secondary N) is 3. The Bertz CT molecular complexity index is 1320. The highest BCUT2D eigenvalue weighted by atomic mass is 16.5. The number of hydrogen-bond acceptors (Lipinski definition) is 8. The molecule has 5 amide bonds. The van der Waals surface area contributed by atoms with Crippen molar-refractivity contribution >= 4 is 29.7 Å². The summed E-state index contributed by atoms with van der Waals surface area (Å²) in [6.07, 6.45) is -4.02. The molecule has 1 aliphatic rings. The average Bonchev–Trinajstić information content (AvgIpc) is 2.98. The van der Waals surface area contributed by atoms with Gasteiger partial charge in [0.05, 0.1) is 18.6 Å². The van der Waals surface area contributed by atoms with E-state index >= 15 is 0 Å². The van der Waals surface area contributed by atoms with Gasteiger partial charge in [-0.2, -0.15) is 0 Å². The molecule has 13 nitrogen and oxygen atoms in total. The van der Waals surface area contributed by atoms with Gasteiger partial charge in [-0.1, -0.05) is 60.7 Å². The van der Waals surface area contributed by atoms with Crippen LogP contribution in [0.4, 0.5) is 4.79 Å². The first-order valence-corrected chi connectivity index (χ1v) is 14.8. The predicted octanol–water partition coefficient (Wildman–Crippen LogP) is 0.512. The van der Waals surface area contributed by atoms with Crippen molar-refractivity contribution < 1.29 is 38.9 Å². The van der Waals surface area contributed by atoms with Crippen molar-refractivity contribution in [3.63, 3.8) is 0 Å². The molecule has 0 spiro atoms. The number of likely N-dealkylation sites (tertiary alicyclic amines) is 1. The Kier molecular flexibility index (Phi) is 12.4. The van der Waals surface area contributed by atoms with Gasteiger partial charge in [0.25, 0.3) is 5.91 Å². The van der Waals surface area contributed by atoms with E-state index in [0.717, 1.165) is 0 Å². The van der Waals surface area contributed by atoms with E-state index < -0.39 is 72.0 Å². The third-order valence-corrected chi connectivity index (χ3v) is 7.15. The maximum atomic E-state index is 13.7. The van der Waals surface area contributed by atoms with Crippen LogP contribution in [0.1, 0.15) is 51.2 Å². The Hall–Kier alpha value is -4.49. The highest BCUT2D eigenvalue weighted by molar-refractivity contribution is 5.93. The molecule has 3 rings (SSSR count). The van der Waals surface area contributed by atoms with Crippen molar-refractivity contribution in [2.75, 3.05) is 6.54 Å². The lowest BCUT2D eigenvalue weighted by Gasteiger charge is -2.40. The second-order valence-corrected chi connectivity index (χ2v) is 12.1. The van der Waals surface area contributed by atoms with Gasteiger partial charge >= 0.3 is 6.09 Å². The van der Waals surface area contributed by atoms with Crippen LogP contribution in [0, 0.1) is 0 Å². The molecule has 1 aliphatic heterocycles. The van der Waals surface area contributed by atoms with Crippen molar-refractivity contribution in [3.8, 4) is 0 Å². The molecule has 5 atom stereocenters. The van der Waals surface area contributed by atoms with Gasteiger partial charge in [0, 0.05) is 18.5 Å². The first-order chi connectivity index (χ1) is 21.2. The quantitative estimate of drug-likeness (QED) is 0.196. The number of benzene rings is 2. The largest absolute Gasteiger partial charge is 0.445 e. The zero-order chi connectivity index (χ0) is 33.1. The van der Waals surface area contributed by atoms with Gasteiger partial charge in [0.1, 0.15) is 18.7 Å². The third kappa shape index (κ3) is 11.2. The predicted molar refractivity (Wildman–Crippen MR) is 164 cm³/mol. The monoisotopic (exact) mass is 625 g/mol. The van der Waals surface area contributed by atoms with Crippen LogP contribution in [0.15, 0.2) is 60.7 Å². The molecule has 1 heterocycles. The Morgan fingerprint density at radius 1 is 0.978 bits per heavy atom.